The van der Waals surface area contributed by atoms with E-state index in [1.165, 1.54) is 0 Å². The highest BCUT2D eigenvalue weighted by molar-refractivity contribution is 7.99. The number of carbonyl (C=O) groups excluding carboxylic acids is 1. The predicted molar refractivity (Wildman–Crippen MR) is 101 cm³/mol. The summed E-state index contributed by atoms with van der Waals surface area (Å²) in [5.74, 6) is 1.54. The second kappa shape index (κ2) is 7.63. The quantitative estimate of drug-likeness (QED) is 0.589. The molecule has 3 rings (SSSR count). The molecule has 2 fully saturated rings. The molecule has 1 amide bonds. The van der Waals surface area contributed by atoms with Crippen molar-refractivity contribution in [2.45, 2.75) is 24.4 Å². The van der Waals surface area contributed by atoms with Gasteiger partial charge in [0.1, 0.15) is 0 Å². The monoisotopic (exact) mass is 398 g/mol. The third-order valence-corrected chi connectivity index (χ3v) is 6.79. The zero-order valence-corrected chi connectivity index (χ0v) is 16.3. The van der Waals surface area contributed by atoms with Crippen molar-refractivity contribution in [3.8, 4) is 6.19 Å². The molecule has 8 heteroatoms. The van der Waals surface area contributed by atoms with Crippen LogP contribution in [0.3, 0.4) is 0 Å². The van der Waals surface area contributed by atoms with Crippen molar-refractivity contribution in [3.05, 3.63) is 33.8 Å². The molecule has 2 N–H and O–H groups in total. The second-order valence-corrected chi connectivity index (χ2v) is 8.60. The fourth-order valence-electron chi connectivity index (χ4n) is 3.32. The zero-order chi connectivity index (χ0) is 18.1. The van der Waals surface area contributed by atoms with Crippen LogP contribution in [0, 0.1) is 23.3 Å². The average Bonchev–Trinajstić information content (AvgIpc) is 2.99. The van der Waals surface area contributed by atoms with Gasteiger partial charge >= 0.3 is 0 Å². The number of benzene rings is 1. The summed E-state index contributed by atoms with van der Waals surface area (Å²) in [4.78, 5) is 14.5. The Bertz CT molecular complexity index is 710. The number of likely N-dealkylation sites (N-methyl/N-ethyl adjacent to an activating group) is 1. The molecule has 1 aliphatic carbocycles. The number of rotatable bonds is 5. The first-order valence-electron chi connectivity index (χ1n) is 8.14. The number of hydrogen-bond donors (Lipinski definition) is 2. The van der Waals surface area contributed by atoms with Crippen molar-refractivity contribution in [2.75, 3.05) is 19.3 Å². The minimum Gasteiger partial charge on any atom is -0.344 e. The number of hydrogen-bond acceptors (Lipinski definition) is 5. The Morgan fingerprint density at radius 2 is 2.28 bits per heavy atom. The van der Waals surface area contributed by atoms with Gasteiger partial charge in [0.15, 0.2) is 6.19 Å². The minimum absolute atomic E-state index is 0.0139. The smallest absolute Gasteiger partial charge is 0.240 e. The van der Waals surface area contributed by atoms with Gasteiger partial charge in [-0.3, -0.25) is 10.1 Å². The SMILES string of the molecule is CC1C(CN(C)C(=O)C2CSC(c3ccc(Cl)cc3Cl)N2)C1NC#N. The van der Waals surface area contributed by atoms with E-state index in [2.05, 4.69) is 17.6 Å². The summed E-state index contributed by atoms with van der Waals surface area (Å²) in [6.07, 6.45) is 1.99. The molecular formula is C17H20Cl2N4OS. The lowest BCUT2D eigenvalue weighted by molar-refractivity contribution is -0.131. The Hall–Kier alpha value is -1.13. The molecule has 134 valence electrons. The third kappa shape index (κ3) is 4.01. The lowest BCUT2D eigenvalue weighted by Crippen LogP contribution is -2.44. The number of thioether (sulfide) groups is 1. The van der Waals surface area contributed by atoms with Gasteiger partial charge in [0.25, 0.3) is 0 Å². The number of amides is 1. The lowest BCUT2D eigenvalue weighted by Gasteiger charge is -2.22. The van der Waals surface area contributed by atoms with E-state index < -0.39 is 0 Å². The van der Waals surface area contributed by atoms with E-state index in [4.69, 9.17) is 28.5 Å². The summed E-state index contributed by atoms with van der Waals surface area (Å²) >= 11 is 13.9. The van der Waals surface area contributed by atoms with Gasteiger partial charge in [-0.05, 0) is 23.6 Å². The van der Waals surface area contributed by atoms with Crippen LogP contribution in [-0.4, -0.2) is 42.2 Å². The highest BCUT2D eigenvalue weighted by Crippen LogP contribution is 2.40. The van der Waals surface area contributed by atoms with Gasteiger partial charge in [0, 0.05) is 41.4 Å². The molecule has 5 atom stereocenters. The largest absolute Gasteiger partial charge is 0.344 e. The Kier molecular flexibility index (Phi) is 5.69. The van der Waals surface area contributed by atoms with Crippen LogP contribution in [0.1, 0.15) is 17.9 Å². The van der Waals surface area contributed by atoms with Gasteiger partial charge in [-0.25, -0.2) is 0 Å². The first-order chi connectivity index (χ1) is 11.9. The number of nitriles is 1. The summed E-state index contributed by atoms with van der Waals surface area (Å²) in [6, 6.07) is 5.38. The van der Waals surface area contributed by atoms with Crippen molar-refractivity contribution in [3.63, 3.8) is 0 Å². The van der Waals surface area contributed by atoms with Crippen LogP contribution in [-0.2, 0) is 4.79 Å². The molecule has 0 aromatic heterocycles. The number of nitrogens with zero attached hydrogens (tertiary/aromatic N) is 2. The first-order valence-corrected chi connectivity index (χ1v) is 9.95. The van der Waals surface area contributed by atoms with Gasteiger partial charge in [-0.2, -0.15) is 5.26 Å². The first kappa shape index (κ1) is 18.7. The Balaban J connectivity index is 1.56. The summed E-state index contributed by atoms with van der Waals surface area (Å²) < 4.78 is 0. The summed E-state index contributed by atoms with van der Waals surface area (Å²) in [5, 5.41) is 16.1. The second-order valence-electron chi connectivity index (χ2n) is 6.62. The molecule has 2 aliphatic rings. The van der Waals surface area contributed by atoms with Crippen molar-refractivity contribution < 1.29 is 4.79 Å². The van der Waals surface area contributed by atoms with Crippen LogP contribution in [0.25, 0.3) is 0 Å². The summed E-state index contributed by atoms with van der Waals surface area (Å²) in [6.45, 7) is 2.76. The van der Waals surface area contributed by atoms with Gasteiger partial charge < -0.3 is 10.2 Å². The lowest BCUT2D eigenvalue weighted by atomic mass is 10.2. The molecule has 1 aromatic carbocycles. The van der Waals surface area contributed by atoms with Crippen molar-refractivity contribution in [2.24, 2.45) is 11.8 Å². The van der Waals surface area contributed by atoms with Crippen LogP contribution >= 0.6 is 35.0 Å². The van der Waals surface area contributed by atoms with E-state index >= 15 is 0 Å². The van der Waals surface area contributed by atoms with Crippen LogP contribution in [0.2, 0.25) is 10.0 Å². The van der Waals surface area contributed by atoms with E-state index in [1.54, 1.807) is 22.7 Å². The standard InChI is InChI=1S/C17H20Cl2N4OS/c1-9-12(15(9)21-8-20)6-23(2)17(24)14-7-25-16(22-14)11-4-3-10(18)5-13(11)19/h3-5,9,12,14-16,21-22H,6-7H2,1-2H3. The molecule has 1 aliphatic heterocycles. The van der Waals surface area contributed by atoms with E-state index in [0.29, 0.717) is 34.2 Å². The van der Waals surface area contributed by atoms with Crippen LogP contribution in [0.4, 0.5) is 0 Å². The van der Waals surface area contributed by atoms with Crippen LogP contribution in [0.5, 0.6) is 0 Å². The fourth-order valence-corrected chi connectivity index (χ4v) is 5.17. The molecular weight excluding hydrogens is 379 g/mol. The van der Waals surface area contributed by atoms with Gasteiger partial charge in [-0.15, -0.1) is 11.8 Å². The summed E-state index contributed by atoms with van der Waals surface area (Å²) in [7, 11) is 1.83. The summed E-state index contributed by atoms with van der Waals surface area (Å²) in [5.41, 5.74) is 0.947. The molecule has 0 radical (unpaired) electrons. The molecule has 1 heterocycles. The predicted octanol–water partition coefficient (Wildman–Crippen LogP) is 2.86. The molecule has 1 aromatic rings. The topological polar surface area (TPSA) is 68.2 Å². The molecule has 1 saturated heterocycles. The third-order valence-electron chi connectivity index (χ3n) is 4.98. The maximum absolute atomic E-state index is 12.7. The Labute approximate surface area is 162 Å². The van der Waals surface area contributed by atoms with Crippen molar-refractivity contribution >= 4 is 40.9 Å². The average molecular weight is 399 g/mol. The van der Waals surface area contributed by atoms with Crippen LogP contribution < -0.4 is 10.6 Å². The molecule has 5 unspecified atom stereocenters. The van der Waals surface area contributed by atoms with Crippen LogP contribution in [0.15, 0.2) is 18.2 Å². The normalized spacial score (nSPS) is 30.6. The number of nitrogens with one attached hydrogen (secondary N) is 2. The molecule has 0 spiro atoms. The number of carbonyl (C=O) groups is 1. The van der Waals surface area contributed by atoms with Gasteiger partial charge in [0.05, 0.1) is 11.4 Å². The van der Waals surface area contributed by atoms with Gasteiger partial charge in [-0.1, -0.05) is 36.2 Å². The molecule has 1 saturated carbocycles. The van der Waals surface area contributed by atoms with E-state index in [-0.39, 0.29) is 23.4 Å². The van der Waals surface area contributed by atoms with Crippen molar-refractivity contribution in [1.82, 2.24) is 15.5 Å². The highest BCUT2D eigenvalue weighted by Gasteiger charge is 2.48. The maximum Gasteiger partial charge on any atom is 0.240 e. The molecule has 5 nitrogen and oxygen atoms in total. The van der Waals surface area contributed by atoms with E-state index in [1.807, 2.05) is 25.4 Å². The minimum atomic E-state index is -0.233. The van der Waals surface area contributed by atoms with Crippen molar-refractivity contribution in [1.29, 1.82) is 5.26 Å². The fraction of sp³-hybridized carbons (Fsp3) is 0.529. The zero-order valence-electron chi connectivity index (χ0n) is 14.0. The highest BCUT2D eigenvalue weighted by atomic mass is 35.5. The molecule has 0 bridgehead atoms. The van der Waals surface area contributed by atoms with Gasteiger partial charge in [0.2, 0.25) is 5.91 Å². The van der Waals surface area contributed by atoms with E-state index in [9.17, 15) is 4.79 Å². The maximum atomic E-state index is 12.7. The number of halogens is 2. The molecule has 25 heavy (non-hydrogen) atoms. The Morgan fingerprint density at radius 1 is 1.52 bits per heavy atom. The van der Waals surface area contributed by atoms with E-state index in [0.717, 1.165) is 5.56 Å². The Morgan fingerprint density at radius 3 is 2.96 bits per heavy atom.